The molecule has 0 amide bonds. The highest BCUT2D eigenvalue weighted by Crippen LogP contribution is 2.32. The first-order chi connectivity index (χ1) is 12.7. The van der Waals surface area contributed by atoms with Crippen LogP contribution in [0.5, 0.6) is 0 Å². The predicted octanol–water partition coefficient (Wildman–Crippen LogP) is 4.70. The van der Waals surface area contributed by atoms with Gasteiger partial charge in [0.15, 0.2) is 0 Å². The summed E-state index contributed by atoms with van der Waals surface area (Å²) in [6.45, 7) is 9.44. The molecule has 0 aliphatic heterocycles. The van der Waals surface area contributed by atoms with Gasteiger partial charge in [0, 0.05) is 11.3 Å². The second kappa shape index (κ2) is 6.88. The number of hydrogen-bond acceptors (Lipinski definition) is 4. The van der Waals surface area contributed by atoms with E-state index in [0.717, 1.165) is 28.8 Å². The van der Waals surface area contributed by atoms with E-state index in [0.29, 0.717) is 16.8 Å². The van der Waals surface area contributed by atoms with Crippen LogP contribution >= 0.6 is 0 Å². The second-order valence-corrected chi connectivity index (χ2v) is 7.50. The number of aryl methyl sites for hydroxylation is 2. The molecule has 2 aromatic heterocycles. The Kier molecular flexibility index (Phi) is 4.75. The maximum atomic E-state index is 13.0. The molecule has 0 bridgehead atoms. The highest BCUT2D eigenvalue weighted by Gasteiger charge is 2.26. The van der Waals surface area contributed by atoms with Crippen LogP contribution in [-0.2, 0) is 11.2 Å². The average molecular weight is 361 g/mol. The molecule has 27 heavy (non-hydrogen) atoms. The highest BCUT2D eigenvalue weighted by molar-refractivity contribution is 6.03. The Balaban J connectivity index is 2.31. The summed E-state index contributed by atoms with van der Waals surface area (Å²) in [7, 11) is 0. The molecule has 0 saturated heterocycles. The third-order valence-corrected chi connectivity index (χ3v) is 4.32. The van der Waals surface area contributed by atoms with Crippen molar-refractivity contribution < 1.29 is 9.53 Å². The van der Waals surface area contributed by atoms with Crippen LogP contribution in [0.3, 0.4) is 0 Å². The van der Waals surface area contributed by atoms with Gasteiger partial charge in [-0.2, -0.15) is 10.4 Å². The summed E-state index contributed by atoms with van der Waals surface area (Å²) in [5.41, 5.74) is 4.59. The van der Waals surface area contributed by atoms with E-state index in [1.54, 1.807) is 12.1 Å². The van der Waals surface area contributed by atoms with Crippen LogP contribution < -0.4 is 0 Å². The summed E-state index contributed by atoms with van der Waals surface area (Å²) in [6, 6.07) is 13.4. The molecular formula is C22H23N3O2. The predicted molar refractivity (Wildman–Crippen MR) is 105 cm³/mol. The zero-order chi connectivity index (χ0) is 19.8. The van der Waals surface area contributed by atoms with Crippen molar-refractivity contribution in [2.24, 2.45) is 0 Å². The second-order valence-electron chi connectivity index (χ2n) is 7.50. The summed E-state index contributed by atoms with van der Waals surface area (Å²) >= 11 is 0. The van der Waals surface area contributed by atoms with Gasteiger partial charge in [-0.1, -0.05) is 19.1 Å². The van der Waals surface area contributed by atoms with Crippen molar-refractivity contribution in [1.29, 1.82) is 5.26 Å². The normalized spacial score (nSPS) is 11.4. The van der Waals surface area contributed by atoms with Gasteiger partial charge in [0.2, 0.25) is 0 Å². The average Bonchev–Trinajstić information content (AvgIpc) is 3.01. The molecule has 0 unspecified atom stereocenters. The van der Waals surface area contributed by atoms with Crippen LogP contribution in [0.25, 0.3) is 16.6 Å². The number of nitriles is 1. The van der Waals surface area contributed by atoms with Gasteiger partial charge in [-0.25, -0.2) is 9.31 Å². The maximum Gasteiger partial charge on any atom is 0.341 e. The highest BCUT2D eigenvalue weighted by atomic mass is 16.6. The van der Waals surface area contributed by atoms with Gasteiger partial charge in [0.1, 0.15) is 5.60 Å². The Labute approximate surface area is 159 Å². The monoisotopic (exact) mass is 361 g/mol. The number of carbonyl (C=O) groups excluding carboxylic acids is 1. The molecule has 2 heterocycles. The van der Waals surface area contributed by atoms with Crippen LogP contribution in [-0.4, -0.2) is 21.2 Å². The van der Waals surface area contributed by atoms with E-state index >= 15 is 0 Å². The third kappa shape index (κ3) is 3.56. The number of rotatable bonds is 3. The standard InChI is InChI=1S/C22H23N3O2/c1-6-17-11-12-18-20(16-9-7-15(13-23)8-10-16)19(14(2)24-25(17)18)21(26)27-22(3,4)5/h7-12H,6H2,1-5H3. The lowest BCUT2D eigenvalue weighted by atomic mass is 9.97. The number of carbonyl (C=O) groups is 1. The molecule has 5 nitrogen and oxygen atoms in total. The van der Waals surface area contributed by atoms with Crippen LogP contribution in [0.2, 0.25) is 0 Å². The minimum atomic E-state index is -0.603. The lowest BCUT2D eigenvalue weighted by Crippen LogP contribution is -2.25. The van der Waals surface area contributed by atoms with E-state index in [-0.39, 0.29) is 0 Å². The van der Waals surface area contributed by atoms with Gasteiger partial charge >= 0.3 is 5.97 Å². The molecule has 0 N–H and O–H groups in total. The fraction of sp³-hybridized carbons (Fsp3) is 0.318. The number of hydrogen-bond donors (Lipinski definition) is 0. The molecule has 0 spiro atoms. The molecular weight excluding hydrogens is 338 g/mol. The fourth-order valence-electron chi connectivity index (χ4n) is 3.14. The van der Waals surface area contributed by atoms with Crippen molar-refractivity contribution in [3.8, 4) is 17.2 Å². The molecule has 0 atom stereocenters. The Morgan fingerprint density at radius 3 is 2.41 bits per heavy atom. The number of esters is 1. The molecule has 0 radical (unpaired) electrons. The van der Waals surface area contributed by atoms with E-state index in [4.69, 9.17) is 10.00 Å². The topological polar surface area (TPSA) is 67.4 Å². The number of nitrogens with zero attached hydrogens (tertiary/aromatic N) is 3. The summed E-state index contributed by atoms with van der Waals surface area (Å²) in [5, 5.41) is 13.7. The van der Waals surface area contributed by atoms with Crippen LogP contribution in [0, 0.1) is 18.3 Å². The summed E-state index contributed by atoms with van der Waals surface area (Å²) in [5.74, 6) is -0.395. The first-order valence-corrected chi connectivity index (χ1v) is 9.00. The third-order valence-electron chi connectivity index (χ3n) is 4.32. The van der Waals surface area contributed by atoms with Crippen molar-refractivity contribution in [2.75, 3.05) is 0 Å². The van der Waals surface area contributed by atoms with Crippen molar-refractivity contribution in [1.82, 2.24) is 9.61 Å². The van der Waals surface area contributed by atoms with E-state index in [1.807, 2.05) is 56.5 Å². The molecule has 0 aliphatic carbocycles. The smallest absolute Gasteiger partial charge is 0.341 e. The minimum absolute atomic E-state index is 0.395. The van der Waals surface area contributed by atoms with Crippen LogP contribution in [0.15, 0.2) is 36.4 Å². The molecule has 0 saturated carbocycles. The van der Waals surface area contributed by atoms with Crippen molar-refractivity contribution in [2.45, 2.75) is 46.6 Å². The minimum Gasteiger partial charge on any atom is -0.456 e. The SMILES string of the molecule is CCc1ccc2c(-c3ccc(C#N)cc3)c(C(=O)OC(C)(C)C)c(C)nn12. The van der Waals surface area contributed by atoms with Crippen LogP contribution in [0.1, 0.15) is 55.0 Å². The lowest BCUT2D eigenvalue weighted by molar-refractivity contribution is 0.00690. The summed E-state index contributed by atoms with van der Waals surface area (Å²) < 4.78 is 7.54. The van der Waals surface area contributed by atoms with Gasteiger partial charge in [-0.15, -0.1) is 0 Å². The molecule has 5 heteroatoms. The Bertz CT molecular complexity index is 1050. The Hall–Kier alpha value is -3.13. The number of ether oxygens (including phenoxy) is 1. The first kappa shape index (κ1) is 18.7. The molecule has 0 aliphatic rings. The van der Waals surface area contributed by atoms with Gasteiger partial charge in [0.25, 0.3) is 0 Å². The number of fused-ring (bicyclic) bond motifs is 1. The van der Waals surface area contributed by atoms with E-state index in [9.17, 15) is 4.79 Å². The Morgan fingerprint density at radius 1 is 1.19 bits per heavy atom. The first-order valence-electron chi connectivity index (χ1n) is 9.00. The largest absolute Gasteiger partial charge is 0.456 e. The molecule has 3 aromatic rings. The number of aromatic nitrogens is 2. The lowest BCUT2D eigenvalue weighted by Gasteiger charge is -2.22. The molecule has 1 aromatic carbocycles. The van der Waals surface area contributed by atoms with Crippen molar-refractivity contribution in [3.05, 3.63) is 58.9 Å². The molecule has 0 fully saturated rings. The van der Waals surface area contributed by atoms with E-state index in [1.165, 1.54) is 0 Å². The maximum absolute atomic E-state index is 13.0. The van der Waals surface area contributed by atoms with Gasteiger partial charge in [0.05, 0.1) is 28.4 Å². The van der Waals surface area contributed by atoms with Crippen LogP contribution in [0.4, 0.5) is 0 Å². The summed E-state index contributed by atoms with van der Waals surface area (Å²) in [6.07, 6.45) is 0.833. The van der Waals surface area contributed by atoms with Gasteiger partial charge in [-0.3, -0.25) is 0 Å². The zero-order valence-corrected chi connectivity index (χ0v) is 16.3. The zero-order valence-electron chi connectivity index (χ0n) is 16.3. The molecule has 138 valence electrons. The number of benzene rings is 1. The van der Waals surface area contributed by atoms with Crippen molar-refractivity contribution >= 4 is 11.5 Å². The Morgan fingerprint density at radius 2 is 1.85 bits per heavy atom. The van der Waals surface area contributed by atoms with E-state index in [2.05, 4.69) is 18.1 Å². The van der Waals surface area contributed by atoms with Crippen molar-refractivity contribution in [3.63, 3.8) is 0 Å². The summed E-state index contributed by atoms with van der Waals surface area (Å²) in [4.78, 5) is 13.0. The van der Waals surface area contributed by atoms with Gasteiger partial charge in [-0.05, 0) is 63.9 Å². The quantitative estimate of drug-likeness (QED) is 0.634. The fourth-order valence-corrected chi connectivity index (χ4v) is 3.14. The van der Waals surface area contributed by atoms with Gasteiger partial charge < -0.3 is 4.74 Å². The molecule has 3 rings (SSSR count). The van der Waals surface area contributed by atoms with E-state index < -0.39 is 11.6 Å².